The molecule has 0 aliphatic carbocycles. The molecule has 2 aromatic carbocycles. The average molecular weight is 416 g/mol. The lowest BCUT2D eigenvalue weighted by Gasteiger charge is -2.14. The number of furan rings is 1. The van der Waals surface area contributed by atoms with E-state index in [1.807, 2.05) is 49.4 Å². The van der Waals surface area contributed by atoms with Crippen LogP contribution < -0.4 is 5.32 Å². The summed E-state index contributed by atoms with van der Waals surface area (Å²) in [4.78, 5) is 24.3. The molecule has 134 valence electrons. The molecular formula is C20H18BrNO4. The van der Waals surface area contributed by atoms with Crippen LogP contribution in [0.25, 0.3) is 11.0 Å². The van der Waals surface area contributed by atoms with E-state index in [0.717, 1.165) is 15.4 Å². The second kappa shape index (κ2) is 7.74. The van der Waals surface area contributed by atoms with Crippen molar-refractivity contribution in [3.63, 3.8) is 0 Å². The van der Waals surface area contributed by atoms with E-state index in [1.165, 1.54) is 0 Å². The fourth-order valence-electron chi connectivity index (χ4n) is 2.69. The molecule has 1 heterocycles. The van der Waals surface area contributed by atoms with E-state index in [4.69, 9.17) is 9.15 Å². The van der Waals surface area contributed by atoms with E-state index in [9.17, 15) is 9.59 Å². The standard InChI is InChI=1S/C20H18BrNO4/c1-12-16-10-15(21)8-9-17(16)26-19(12)20(24)25-11-18(23)22-13(2)14-6-4-3-5-7-14/h3-10,13H,11H2,1-2H3,(H,22,23)/t13-/m0/s1. The number of carbonyl (C=O) groups is 2. The van der Waals surface area contributed by atoms with E-state index in [2.05, 4.69) is 21.2 Å². The molecule has 0 aliphatic heterocycles. The molecule has 0 radical (unpaired) electrons. The molecule has 0 bridgehead atoms. The summed E-state index contributed by atoms with van der Waals surface area (Å²) in [6.07, 6.45) is 0. The van der Waals surface area contributed by atoms with Gasteiger partial charge in [0.2, 0.25) is 5.76 Å². The quantitative estimate of drug-likeness (QED) is 0.621. The van der Waals surface area contributed by atoms with Crippen LogP contribution in [0.4, 0.5) is 0 Å². The van der Waals surface area contributed by atoms with Crippen molar-refractivity contribution in [3.8, 4) is 0 Å². The normalized spacial score (nSPS) is 12.0. The molecule has 3 aromatic rings. The molecule has 0 saturated heterocycles. The second-order valence-corrected chi connectivity index (χ2v) is 6.89. The van der Waals surface area contributed by atoms with Crippen molar-refractivity contribution in [2.45, 2.75) is 19.9 Å². The summed E-state index contributed by atoms with van der Waals surface area (Å²) in [5.74, 6) is -0.912. The van der Waals surface area contributed by atoms with Crippen LogP contribution in [-0.4, -0.2) is 18.5 Å². The zero-order chi connectivity index (χ0) is 18.7. The zero-order valence-corrected chi connectivity index (χ0v) is 16.0. The number of rotatable bonds is 5. The molecule has 1 N–H and O–H groups in total. The van der Waals surface area contributed by atoms with Gasteiger partial charge in [0.25, 0.3) is 5.91 Å². The number of hydrogen-bond acceptors (Lipinski definition) is 4. The van der Waals surface area contributed by atoms with Gasteiger partial charge in [-0.25, -0.2) is 4.79 Å². The van der Waals surface area contributed by atoms with Crippen LogP contribution >= 0.6 is 15.9 Å². The number of benzene rings is 2. The van der Waals surface area contributed by atoms with Crippen molar-refractivity contribution in [3.05, 3.63) is 69.9 Å². The third-order valence-corrected chi connectivity index (χ3v) is 4.59. The number of nitrogens with one attached hydrogen (secondary N) is 1. The summed E-state index contributed by atoms with van der Waals surface area (Å²) in [5.41, 5.74) is 2.26. The van der Waals surface area contributed by atoms with Crippen LogP contribution in [-0.2, 0) is 9.53 Å². The number of hydrogen-bond donors (Lipinski definition) is 1. The lowest BCUT2D eigenvalue weighted by atomic mass is 10.1. The first-order valence-electron chi connectivity index (χ1n) is 8.16. The Morgan fingerprint density at radius 1 is 1.19 bits per heavy atom. The van der Waals surface area contributed by atoms with Gasteiger partial charge >= 0.3 is 5.97 Å². The molecule has 0 saturated carbocycles. The number of fused-ring (bicyclic) bond motifs is 1. The highest BCUT2D eigenvalue weighted by molar-refractivity contribution is 9.10. The predicted octanol–water partition coefficient (Wildman–Crippen LogP) is 4.54. The van der Waals surface area contributed by atoms with Crippen LogP contribution in [0.15, 0.2) is 57.4 Å². The largest absolute Gasteiger partial charge is 0.450 e. The van der Waals surface area contributed by atoms with Crippen LogP contribution in [0.1, 0.15) is 34.6 Å². The van der Waals surface area contributed by atoms with E-state index in [-0.39, 0.29) is 24.3 Å². The fourth-order valence-corrected chi connectivity index (χ4v) is 3.05. The van der Waals surface area contributed by atoms with Gasteiger partial charge in [0, 0.05) is 15.4 Å². The first kappa shape index (κ1) is 18.2. The molecular weight excluding hydrogens is 398 g/mol. The minimum Gasteiger partial charge on any atom is -0.450 e. The first-order chi connectivity index (χ1) is 12.5. The number of amides is 1. The number of ether oxygens (including phenoxy) is 1. The molecule has 3 rings (SSSR count). The Kier molecular flexibility index (Phi) is 5.42. The highest BCUT2D eigenvalue weighted by Crippen LogP contribution is 2.28. The number of esters is 1. The zero-order valence-electron chi connectivity index (χ0n) is 14.4. The van der Waals surface area contributed by atoms with E-state index in [1.54, 1.807) is 13.0 Å². The maximum Gasteiger partial charge on any atom is 0.375 e. The Morgan fingerprint density at radius 3 is 2.65 bits per heavy atom. The minimum absolute atomic E-state index is 0.113. The average Bonchev–Trinajstić information content (AvgIpc) is 2.97. The van der Waals surface area contributed by atoms with Gasteiger partial charge in [-0.15, -0.1) is 0 Å². The summed E-state index contributed by atoms with van der Waals surface area (Å²) >= 11 is 3.39. The van der Waals surface area contributed by atoms with Crippen molar-refractivity contribution in [1.29, 1.82) is 0 Å². The van der Waals surface area contributed by atoms with Crippen molar-refractivity contribution in [2.24, 2.45) is 0 Å². The molecule has 5 nitrogen and oxygen atoms in total. The molecule has 0 unspecified atom stereocenters. The Hall–Kier alpha value is -2.60. The van der Waals surface area contributed by atoms with Crippen LogP contribution in [0, 0.1) is 6.92 Å². The first-order valence-corrected chi connectivity index (χ1v) is 8.95. The van der Waals surface area contributed by atoms with Crippen molar-refractivity contribution in [1.82, 2.24) is 5.32 Å². The minimum atomic E-state index is -0.655. The molecule has 1 aromatic heterocycles. The van der Waals surface area contributed by atoms with Gasteiger partial charge in [0.1, 0.15) is 5.58 Å². The van der Waals surface area contributed by atoms with Crippen molar-refractivity contribution < 1.29 is 18.7 Å². The van der Waals surface area contributed by atoms with Gasteiger partial charge < -0.3 is 14.5 Å². The summed E-state index contributed by atoms with van der Waals surface area (Å²) in [7, 11) is 0. The van der Waals surface area contributed by atoms with Crippen LogP contribution in [0.3, 0.4) is 0 Å². The highest BCUT2D eigenvalue weighted by Gasteiger charge is 2.20. The third-order valence-electron chi connectivity index (χ3n) is 4.10. The lowest BCUT2D eigenvalue weighted by molar-refractivity contribution is -0.124. The van der Waals surface area contributed by atoms with Crippen molar-refractivity contribution >= 4 is 38.8 Å². The Labute approximate surface area is 159 Å². The summed E-state index contributed by atoms with van der Waals surface area (Å²) in [6, 6.07) is 14.9. The molecule has 1 amide bonds. The molecule has 6 heteroatoms. The molecule has 1 atom stereocenters. The summed E-state index contributed by atoms with van der Waals surface area (Å²) in [5, 5.41) is 3.63. The highest BCUT2D eigenvalue weighted by atomic mass is 79.9. The Bertz CT molecular complexity index is 949. The lowest BCUT2D eigenvalue weighted by Crippen LogP contribution is -2.31. The maximum atomic E-state index is 12.3. The SMILES string of the molecule is Cc1c(C(=O)OCC(=O)N[C@@H](C)c2ccccc2)oc2ccc(Br)cc12. The number of aryl methyl sites for hydroxylation is 1. The van der Waals surface area contributed by atoms with Gasteiger partial charge in [-0.05, 0) is 37.6 Å². The third kappa shape index (κ3) is 3.96. The van der Waals surface area contributed by atoms with Crippen LogP contribution in [0.5, 0.6) is 0 Å². The van der Waals surface area contributed by atoms with Crippen molar-refractivity contribution in [2.75, 3.05) is 6.61 Å². The van der Waals surface area contributed by atoms with E-state index < -0.39 is 5.97 Å². The molecule has 0 fully saturated rings. The number of carbonyl (C=O) groups excluding carboxylic acids is 2. The summed E-state index contributed by atoms with van der Waals surface area (Å²) in [6.45, 7) is 3.29. The molecule has 0 spiro atoms. The fraction of sp³-hybridized carbons (Fsp3) is 0.200. The second-order valence-electron chi connectivity index (χ2n) is 5.97. The van der Waals surface area contributed by atoms with E-state index >= 15 is 0 Å². The smallest absolute Gasteiger partial charge is 0.375 e. The van der Waals surface area contributed by atoms with Gasteiger partial charge in [-0.2, -0.15) is 0 Å². The van der Waals surface area contributed by atoms with Gasteiger partial charge in [0.15, 0.2) is 6.61 Å². The Morgan fingerprint density at radius 2 is 1.92 bits per heavy atom. The Balaban J connectivity index is 1.62. The molecule has 0 aliphatic rings. The number of halogens is 1. The maximum absolute atomic E-state index is 12.3. The van der Waals surface area contributed by atoms with Gasteiger partial charge in [0.05, 0.1) is 6.04 Å². The van der Waals surface area contributed by atoms with E-state index in [0.29, 0.717) is 11.1 Å². The summed E-state index contributed by atoms with van der Waals surface area (Å²) < 4.78 is 11.6. The van der Waals surface area contributed by atoms with Gasteiger partial charge in [-0.1, -0.05) is 46.3 Å². The predicted molar refractivity (Wildman–Crippen MR) is 102 cm³/mol. The van der Waals surface area contributed by atoms with Gasteiger partial charge in [-0.3, -0.25) is 4.79 Å². The molecule has 26 heavy (non-hydrogen) atoms. The van der Waals surface area contributed by atoms with Crippen LogP contribution in [0.2, 0.25) is 0 Å². The topological polar surface area (TPSA) is 68.5 Å². The monoisotopic (exact) mass is 415 g/mol.